The van der Waals surface area contributed by atoms with E-state index in [1.807, 2.05) is 6.20 Å². The average molecular weight is 315 g/mol. The van der Waals surface area contributed by atoms with Crippen molar-refractivity contribution < 1.29 is 13.2 Å². The summed E-state index contributed by atoms with van der Waals surface area (Å²) in [5, 5.41) is 0. The lowest BCUT2D eigenvalue weighted by atomic mass is 10.1. The molecule has 2 heterocycles. The molecule has 0 spiro atoms. The van der Waals surface area contributed by atoms with Crippen molar-refractivity contribution in [3.05, 3.63) is 18.2 Å². The fraction of sp³-hybridized carbons (Fsp3) is 0.786. The van der Waals surface area contributed by atoms with Crippen LogP contribution in [0.4, 0.5) is 0 Å². The number of methoxy groups -OCH3 is 1. The van der Waals surface area contributed by atoms with Crippen LogP contribution in [0.3, 0.4) is 0 Å². The molecular weight excluding hydrogens is 290 g/mol. The number of sulfonamides is 1. The number of ether oxygens (including phenoxy) is 1. The lowest BCUT2D eigenvalue weighted by Crippen LogP contribution is -2.43. The maximum atomic E-state index is 12.4. The standard InChI is InChI=1S/C14H25N3O3S/c1-4-14-15-7-9-17(14)13-6-5-8-16(10-13)21(18,19)11-12(2)20-3/h7,9,12-13H,4-6,8,10-11H2,1-3H3/t12-,13+/m0/s1. The topological polar surface area (TPSA) is 64.4 Å². The Balaban J connectivity index is 2.10. The van der Waals surface area contributed by atoms with E-state index in [2.05, 4.69) is 16.5 Å². The van der Waals surface area contributed by atoms with E-state index < -0.39 is 10.0 Å². The van der Waals surface area contributed by atoms with Gasteiger partial charge >= 0.3 is 0 Å². The van der Waals surface area contributed by atoms with Gasteiger partial charge in [-0.3, -0.25) is 0 Å². The van der Waals surface area contributed by atoms with Crippen molar-refractivity contribution in [2.24, 2.45) is 0 Å². The van der Waals surface area contributed by atoms with Gasteiger partial charge in [-0.25, -0.2) is 13.4 Å². The molecule has 0 unspecified atom stereocenters. The summed E-state index contributed by atoms with van der Waals surface area (Å²) in [4.78, 5) is 4.33. The summed E-state index contributed by atoms with van der Waals surface area (Å²) in [5.74, 6) is 1.06. The molecule has 0 bridgehead atoms. The van der Waals surface area contributed by atoms with Gasteiger partial charge in [0, 0.05) is 45.1 Å². The van der Waals surface area contributed by atoms with Crippen LogP contribution in [0.5, 0.6) is 0 Å². The summed E-state index contributed by atoms with van der Waals surface area (Å²) in [6.45, 7) is 4.98. The zero-order valence-electron chi connectivity index (χ0n) is 13.0. The molecule has 1 aromatic heterocycles. The molecule has 0 radical (unpaired) electrons. The van der Waals surface area contributed by atoms with Crippen LogP contribution >= 0.6 is 0 Å². The molecule has 21 heavy (non-hydrogen) atoms. The summed E-state index contributed by atoms with van der Waals surface area (Å²) >= 11 is 0. The van der Waals surface area contributed by atoms with Crippen LogP contribution in [0, 0.1) is 0 Å². The SMILES string of the molecule is CCc1nccn1[C@@H]1CCCN(S(=O)(=O)C[C@H](C)OC)C1. The molecule has 7 heteroatoms. The van der Waals surface area contributed by atoms with E-state index in [4.69, 9.17) is 4.74 Å². The lowest BCUT2D eigenvalue weighted by Gasteiger charge is -2.33. The van der Waals surface area contributed by atoms with E-state index in [1.54, 1.807) is 17.4 Å². The molecule has 2 rings (SSSR count). The fourth-order valence-corrected chi connectivity index (χ4v) is 4.57. The van der Waals surface area contributed by atoms with Crippen LogP contribution in [0.15, 0.2) is 12.4 Å². The molecule has 0 aromatic carbocycles. The van der Waals surface area contributed by atoms with E-state index in [-0.39, 0.29) is 17.9 Å². The first kappa shape index (κ1) is 16.5. The second-order valence-corrected chi connectivity index (χ2v) is 7.60. The number of aryl methyl sites for hydroxylation is 1. The van der Waals surface area contributed by atoms with Gasteiger partial charge in [0.25, 0.3) is 0 Å². The molecule has 2 atom stereocenters. The quantitative estimate of drug-likeness (QED) is 0.797. The average Bonchev–Trinajstić information content (AvgIpc) is 2.95. The first-order chi connectivity index (χ1) is 9.97. The molecule has 0 aliphatic carbocycles. The van der Waals surface area contributed by atoms with Crippen LogP contribution < -0.4 is 0 Å². The van der Waals surface area contributed by atoms with Crippen molar-refractivity contribution >= 4 is 10.0 Å². The Morgan fingerprint density at radius 1 is 1.52 bits per heavy atom. The summed E-state index contributed by atoms with van der Waals surface area (Å²) in [7, 11) is -1.72. The largest absolute Gasteiger partial charge is 0.381 e. The van der Waals surface area contributed by atoms with Gasteiger partial charge < -0.3 is 9.30 Å². The first-order valence-corrected chi connectivity index (χ1v) is 9.11. The third-order valence-corrected chi connectivity index (χ3v) is 6.07. The molecule has 0 saturated carbocycles. The van der Waals surface area contributed by atoms with Gasteiger partial charge in [0.1, 0.15) is 5.82 Å². The monoisotopic (exact) mass is 315 g/mol. The van der Waals surface area contributed by atoms with Crippen LogP contribution in [0.2, 0.25) is 0 Å². The van der Waals surface area contributed by atoms with Gasteiger partial charge in [-0.1, -0.05) is 6.92 Å². The Hall–Kier alpha value is -0.920. The zero-order valence-corrected chi connectivity index (χ0v) is 13.8. The molecule has 1 aromatic rings. The maximum absolute atomic E-state index is 12.4. The Morgan fingerprint density at radius 3 is 2.95 bits per heavy atom. The molecule has 0 N–H and O–H groups in total. The van der Waals surface area contributed by atoms with Crippen molar-refractivity contribution in [2.75, 3.05) is 26.0 Å². The molecule has 0 amide bonds. The molecule has 1 aliphatic heterocycles. The van der Waals surface area contributed by atoms with Gasteiger partial charge in [-0.05, 0) is 19.8 Å². The molecule has 1 saturated heterocycles. The van der Waals surface area contributed by atoms with Crippen LogP contribution in [-0.2, 0) is 21.2 Å². The third kappa shape index (κ3) is 3.84. The molecular formula is C14H25N3O3S. The lowest BCUT2D eigenvalue weighted by molar-refractivity contribution is 0.134. The van der Waals surface area contributed by atoms with Gasteiger partial charge in [0.2, 0.25) is 10.0 Å². The van der Waals surface area contributed by atoms with Crippen LogP contribution in [-0.4, -0.2) is 54.3 Å². The Labute approximate surface area is 127 Å². The highest BCUT2D eigenvalue weighted by molar-refractivity contribution is 7.89. The number of rotatable bonds is 6. The Kier molecular flexibility index (Phi) is 5.40. The number of aromatic nitrogens is 2. The Morgan fingerprint density at radius 2 is 2.29 bits per heavy atom. The van der Waals surface area contributed by atoms with Crippen molar-refractivity contribution in [1.29, 1.82) is 0 Å². The smallest absolute Gasteiger partial charge is 0.216 e. The summed E-state index contributed by atoms with van der Waals surface area (Å²) in [5.41, 5.74) is 0. The molecule has 6 nitrogen and oxygen atoms in total. The molecule has 1 fully saturated rings. The summed E-state index contributed by atoms with van der Waals surface area (Å²) in [6.07, 6.45) is 6.20. The van der Waals surface area contributed by atoms with E-state index in [1.165, 1.54) is 7.11 Å². The Bertz CT molecular complexity index is 556. The molecule has 120 valence electrons. The number of hydrogen-bond acceptors (Lipinski definition) is 4. The minimum absolute atomic E-state index is 0.0424. The van der Waals surface area contributed by atoms with Crippen molar-refractivity contribution in [3.63, 3.8) is 0 Å². The maximum Gasteiger partial charge on any atom is 0.216 e. The van der Waals surface area contributed by atoms with E-state index in [0.29, 0.717) is 13.1 Å². The number of imidazole rings is 1. The number of hydrogen-bond donors (Lipinski definition) is 0. The second-order valence-electron chi connectivity index (χ2n) is 5.58. The highest BCUT2D eigenvalue weighted by Crippen LogP contribution is 2.25. The van der Waals surface area contributed by atoms with Crippen molar-refractivity contribution in [3.8, 4) is 0 Å². The second kappa shape index (κ2) is 6.89. The van der Waals surface area contributed by atoms with E-state index in [0.717, 1.165) is 25.1 Å². The van der Waals surface area contributed by atoms with Crippen molar-refractivity contribution in [2.45, 2.75) is 45.3 Å². The summed E-state index contributed by atoms with van der Waals surface area (Å²) in [6, 6.07) is 0.184. The third-order valence-electron chi connectivity index (χ3n) is 4.06. The van der Waals surface area contributed by atoms with Gasteiger partial charge in [-0.15, -0.1) is 0 Å². The number of piperidine rings is 1. The van der Waals surface area contributed by atoms with Crippen molar-refractivity contribution in [1.82, 2.24) is 13.9 Å². The van der Waals surface area contributed by atoms with Gasteiger partial charge in [-0.2, -0.15) is 4.31 Å². The first-order valence-electron chi connectivity index (χ1n) is 7.50. The summed E-state index contributed by atoms with van der Waals surface area (Å²) < 4.78 is 33.7. The van der Waals surface area contributed by atoms with E-state index in [9.17, 15) is 8.42 Å². The predicted molar refractivity (Wildman–Crippen MR) is 81.7 cm³/mol. The van der Waals surface area contributed by atoms with Gasteiger partial charge in [0.15, 0.2) is 0 Å². The highest BCUT2D eigenvalue weighted by Gasteiger charge is 2.31. The normalized spacial score (nSPS) is 22.3. The zero-order chi connectivity index (χ0) is 15.5. The van der Waals surface area contributed by atoms with E-state index >= 15 is 0 Å². The minimum atomic E-state index is -3.26. The predicted octanol–water partition coefficient (Wildman–Crippen LogP) is 1.45. The highest BCUT2D eigenvalue weighted by atomic mass is 32.2. The van der Waals surface area contributed by atoms with Gasteiger partial charge in [0.05, 0.1) is 11.9 Å². The minimum Gasteiger partial charge on any atom is -0.381 e. The molecule has 1 aliphatic rings. The van der Waals surface area contributed by atoms with Crippen LogP contribution in [0.1, 0.15) is 38.6 Å². The number of nitrogens with zero attached hydrogens (tertiary/aromatic N) is 3. The fourth-order valence-electron chi connectivity index (χ4n) is 2.82. The van der Waals surface area contributed by atoms with Crippen LogP contribution in [0.25, 0.3) is 0 Å².